The number of amides is 1. The highest BCUT2D eigenvalue weighted by Crippen LogP contribution is 2.20. The van der Waals surface area contributed by atoms with E-state index >= 15 is 0 Å². The van der Waals surface area contributed by atoms with Gasteiger partial charge in [0.2, 0.25) is 0 Å². The van der Waals surface area contributed by atoms with Gasteiger partial charge in [-0.05, 0) is 61.9 Å². The van der Waals surface area contributed by atoms with Crippen molar-refractivity contribution in [2.75, 3.05) is 43.1 Å². The monoisotopic (exact) mass is 368 g/mol. The predicted molar refractivity (Wildman–Crippen MR) is 105 cm³/mol. The van der Waals surface area contributed by atoms with Crippen LogP contribution in [-0.2, 0) is 9.47 Å². The number of anilines is 2. The first-order valence-corrected chi connectivity index (χ1v) is 9.10. The van der Waals surface area contributed by atoms with Gasteiger partial charge in [-0.25, -0.2) is 4.79 Å². The van der Waals surface area contributed by atoms with Crippen LogP contribution in [0, 0.1) is 6.92 Å². The first-order valence-electron chi connectivity index (χ1n) is 9.10. The number of ether oxygens (including phenoxy) is 2. The number of hydrogen-bond acceptors (Lipinski definition) is 5. The smallest absolute Gasteiger partial charge is 0.338 e. The summed E-state index contributed by atoms with van der Waals surface area (Å²) in [6.07, 6.45) is 0. The third-order valence-electron chi connectivity index (χ3n) is 4.49. The van der Waals surface area contributed by atoms with Crippen molar-refractivity contribution in [3.8, 4) is 0 Å². The van der Waals surface area contributed by atoms with Crippen molar-refractivity contribution in [2.45, 2.75) is 13.8 Å². The molecule has 0 unspecified atom stereocenters. The second-order valence-electron chi connectivity index (χ2n) is 6.35. The van der Waals surface area contributed by atoms with E-state index in [1.54, 1.807) is 25.1 Å². The van der Waals surface area contributed by atoms with Gasteiger partial charge in [0.25, 0.3) is 5.91 Å². The van der Waals surface area contributed by atoms with Crippen LogP contribution in [0.5, 0.6) is 0 Å². The number of nitrogens with zero attached hydrogens (tertiary/aromatic N) is 1. The number of carbonyl (C=O) groups excluding carboxylic acids is 2. The normalized spacial score (nSPS) is 13.9. The van der Waals surface area contributed by atoms with E-state index in [0.29, 0.717) is 23.4 Å². The molecule has 0 bridgehead atoms. The van der Waals surface area contributed by atoms with Crippen LogP contribution < -0.4 is 10.2 Å². The SMILES string of the molecule is CCOC(=O)c1ccc(NC(=O)c2ccc(N3CCOCC3)cc2)c(C)c1. The van der Waals surface area contributed by atoms with Crippen molar-refractivity contribution >= 4 is 23.3 Å². The Labute approximate surface area is 159 Å². The summed E-state index contributed by atoms with van der Waals surface area (Å²) in [6, 6.07) is 12.7. The molecule has 1 fully saturated rings. The van der Waals surface area contributed by atoms with Crippen LogP contribution in [0.1, 0.15) is 33.2 Å². The first kappa shape index (κ1) is 18.9. The Kier molecular flexibility index (Phi) is 6.08. The van der Waals surface area contributed by atoms with Crippen molar-refractivity contribution in [2.24, 2.45) is 0 Å². The molecular weight excluding hydrogens is 344 g/mol. The molecule has 142 valence electrons. The lowest BCUT2D eigenvalue weighted by atomic mass is 10.1. The Morgan fingerprint density at radius 1 is 1.07 bits per heavy atom. The molecule has 1 heterocycles. The van der Waals surface area contributed by atoms with Crippen LogP contribution in [0.3, 0.4) is 0 Å². The fraction of sp³-hybridized carbons (Fsp3) is 0.333. The molecule has 1 amide bonds. The van der Waals surface area contributed by atoms with Gasteiger partial charge in [0.15, 0.2) is 0 Å². The van der Waals surface area contributed by atoms with Gasteiger partial charge in [-0.15, -0.1) is 0 Å². The summed E-state index contributed by atoms with van der Waals surface area (Å²) in [5, 5.41) is 2.90. The van der Waals surface area contributed by atoms with Crippen molar-refractivity contribution < 1.29 is 19.1 Å². The fourth-order valence-electron chi connectivity index (χ4n) is 2.98. The molecule has 1 saturated heterocycles. The van der Waals surface area contributed by atoms with Gasteiger partial charge in [0, 0.05) is 30.0 Å². The summed E-state index contributed by atoms with van der Waals surface area (Å²) in [4.78, 5) is 26.6. The lowest BCUT2D eigenvalue weighted by Gasteiger charge is -2.28. The molecule has 1 aliphatic rings. The van der Waals surface area contributed by atoms with Crippen LogP contribution in [-0.4, -0.2) is 44.8 Å². The van der Waals surface area contributed by atoms with E-state index in [1.165, 1.54) is 0 Å². The molecular formula is C21H24N2O4. The largest absolute Gasteiger partial charge is 0.462 e. The molecule has 0 saturated carbocycles. The van der Waals surface area contributed by atoms with E-state index in [0.717, 1.165) is 37.6 Å². The average Bonchev–Trinajstić information content (AvgIpc) is 2.70. The van der Waals surface area contributed by atoms with E-state index in [4.69, 9.17) is 9.47 Å². The number of rotatable bonds is 5. The molecule has 1 N–H and O–H groups in total. The maximum absolute atomic E-state index is 12.5. The second kappa shape index (κ2) is 8.68. The highest BCUT2D eigenvalue weighted by atomic mass is 16.5. The molecule has 0 atom stereocenters. The minimum Gasteiger partial charge on any atom is -0.462 e. The lowest BCUT2D eigenvalue weighted by Crippen LogP contribution is -2.36. The van der Waals surface area contributed by atoms with Crippen molar-refractivity contribution in [1.29, 1.82) is 0 Å². The molecule has 2 aromatic carbocycles. The number of nitrogens with one attached hydrogen (secondary N) is 1. The van der Waals surface area contributed by atoms with Gasteiger partial charge in [-0.1, -0.05) is 0 Å². The summed E-state index contributed by atoms with van der Waals surface area (Å²) in [7, 11) is 0. The summed E-state index contributed by atoms with van der Waals surface area (Å²) >= 11 is 0. The zero-order valence-corrected chi connectivity index (χ0v) is 15.7. The third kappa shape index (κ3) is 4.65. The molecule has 0 aromatic heterocycles. The molecule has 2 aromatic rings. The Morgan fingerprint density at radius 2 is 1.74 bits per heavy atom. The van der Waals surface area contributed by atoms with Gasteiger partial charge in [0.1, 0.15) is 0 Å². The zero-order valence-electron chi connectivity index (χ0n) is 15.7. The molecule has 6 heteroatoms. The van der Waals surface area contributed by atoms with Crippen LogP contribution in [0.4, 0.5) is 11.4 Å². The number of carbonyl (C=O) groups is 2. The van der Waals surface area contributed by atoms with Crippen molar-refractivity contribution in [3.63, 3.8) is 0 Å². The summed E-state index contributed by atoms with van der Waals surface area (Å²) in [5.74, 6) is -0.548. The zero-order chi connectivity index (χ0) is 19.2. The van der Waals surface area contributed by atoms with Crippen LogP contribution in [0.25, 0.3) is 0 Å². The van der Waals surface area contributed by atoms with Gasteiger partial charge >= 0.3 is 5.97 Å². The average molecular weight is 368 g/mol. The minimum absolute atomic E-state index is 0.185. The third-order valence-corrected chi connectivity index (χ3v) is 4.49. The van der Waals surface area contributed by atoms with Gasteiger partial charge in [0.05, 0.1) is 25.4 Å². The maximum atomic E-state index is 12.5. The molecule has 3 rings (SSSR count). The second-order valence-corrected chi connectivity index (χ2v) is 6.35. The Hall–Kier alpha value is -2.86. The molecule has 0 spiro atoms. The predicted octanol–water partition coefficient (Wildman–Crippen LogP) is 3.26. The van der Waals surface area contributed by atoms with Gasteiger partial charge < -0.3 is 19.7 Å². The standard InChI is InChI=1S/C21H24N2O4/c1-3-27-21(25)17-6-9-19(15(2)14-17)22-20(24)16-4-7-18(8-5-16)23-10-12-26-13-11-23/h4-9,14H,3,10-13H2,1-2H3,(H,22,24). The first-order chi connectivity index (χ1) is 13.1. The lowest BCUT2D eigenvalue weighted by molar-refractivity contribution is 0.0526. The molecule has 0 radical (unpaired) electrons. The Morgan fingerprint density at radius 3 is 2.37 bits per heavy atom. The molecule has 6 nitrogen and oxygen atoms in total. The van der Waals surface area contributed by atoms with E-state index in [-0.39, 0.29) is 11.9 Å². The summed E-state index contributed by atoms with van der Waals surface area (Å²) in [6.45, 7) is 7.11. The van der Waals surface area contributed by atoms with E-state index < -0.39 is 0 Å². The number of morpholine rings is 1. The van der Waals surface area contributed by atoms with Crippen LogP contribution in [0.15, 0.2) is 42.5 Å². The Bertz CT molecular complexity index is 811. The molecule has 27 heavy (non-hydrogen) atoms. The number of benzene rings is 2. The quantitative estimate of drug-likeness (QED) is 0.821. The van der Waals surface area contributed by atoms with Crippen molar-refractivity contribution in [3.05, 3.63) is 59.2 Å². The minimum atomic E-state index is -0.364. The molecule has 1 aliphatic heterocycles. The van der Waals surface area contributed by atoms with Crippen molar-refractivity contribution in [1.82, 2.24) is 0 Å². The summed E-state index contributed by atoms with van der Waals surface area (Å²) in [5.41, 5.74) is 3.62. The highest BCUT2D eigenvalue weighted by Gasteiger charge is 2.14. The fourth-order valence-corrected chi connectivity index (χ4v) is 2.98. The number of aryl methyl sites for hydroxylation is 1. The van der Waals surface area contributed by atoms with E-state index in [2.05, 4.69) is 10.2 Å². The van der Waals surface area contributed by atoms with E-state index in [9.17, 15) is 9.59 Å². The highest BCUT2D eigenvalue weighted by molar-refractivity contribution is 6.05. The Balaban J connectivity index is 1.67. The molecule has 0 aliphatic carbocycles. The maximum Gasteiger partial charge on any atom is 0.338 e. The summed E-state index contributed by atoms with van der Waals surface area (Å²) < 4.78 is 10.4. The van der Waals surface area contributed by atoms with Crippen LogP contribution >= 0.6 is 0 Å². The number of esters is 1. The number of hydrogen-bond donors (Lipinski definition) is 1. The topological polar surface area (TPSA) is 67.9 Å². The van der Waals surface area contributed by atoms with Gasteiger partial charge in [-0.3, -0.25) is 4.79 Å². The van der Waals surface area contributed by atoms with Gasteiger partial charge in [-0.2, -0.15) is 0 Å². The van der Waals surface area contributed by atoms with Crippen LogP contribution in [0.2, 0.25) is 0 Å². The van der Waals surface area contributed by atoms with E-state index in [1.807, 2.05) is 31.2 Å².